The van der Waals surface area contributed by atoms with Crippen LogP contribution in [0.5, 0.6) is 0 Å². The second-order valence-corrected chi connectivity index (χ2v) is 8.08. The summed E-state index contributed by atoms with van der Waals surface area (Å²) in [6, 6.07) is 20.9. The minimum Gasteiger partial charge on any atom is -0.477 e. The van der Waals surface area contributed by atoms with Gasteiger partial charge in [-0.15, -0.1) is 0 Å². The van der Waals surface area contributed by atoms with Crippen molar-refractivity contribution >= 4 is 38.6 Å². The van der Waals surface area contributed by atoms with Crippen molar-refractivity contribution < 1.29 is 19.4 Å². The molecule has 6 nitrogen and oxygen atoms in total. The van der Waals surface area contributed by atoms with E-state index in [0.717, 1.165) is 4.47 Å². The first-order valence-electron chi connectivity index (χ1n) is 9.72. The molecule has 1 heterocycles. The Balaban J connectivity index is 1.98. The number of carboxylic acid groups (broad SMARTS) is 1. The van der Waals surface area contributed by atoms with Crippen LogP contribution >= 0.6 is 15.9 Å². The number of rotatable bonds is 5. The van der Waals surface area contributed by atoms with Crippen molar-refractivity contribution in [3.63, 3.8) is 0 Å². The van der Waals surface area contributed by atoms with Gasteiger partial charge in [0.1, 0.15) is 5.69 Å². The van der Waals surface area contributed by atoms with Crippen molar-refractivity contribution in [1.82, 2.24) is 4.57 Å². The smallest absolute Gasteiger partial charge is 0.353 e. The highest BCUT2D eigenvalue weighted by Gasteiger charge is 2.23. The average molecular weight is 492 g/mol. The number of pyridine rings is 1. The van der Waals surface area contributed by atoms with Gasteiger partial charge < -0.3 is 9.84 Å². The third kappa shape index (κ3) is 3.94. The first kappa shape index (κ1) is 21.5. The number of halogens is 1. The molecule has 160 valence electrons. The maximum atomic E-state index is 13.4. The number of nitrogens with zero attached hydrogens (tertiary/aromatic N) is 1. The number of carboxylic acids is 1. The highest BCUT2D eigenvalue weighted by molar-refractivity contribution is 9.10. The Morgan fingerprint density at radius 3 is 2.28 bits per heavy atom. The molecule has 4 aromatic rings. The van der Waals surface area contributed by atoms with E-state index in [0.29, 0.717) is 33.0 Å². The molecule has 0 amide bonds. The lowest BCUT2D eigenvalue weighted by molar-refractivity contribution is 0.0599. The number of carbonyl (C=O) groups is 2. The molecule has 7 heteroatoms. The highest BCUT2D eigenvalue weighted by atomic mass is 79.9. The van der Waals surface area contributed by atoms with Crippen LogP contribution in [0.1, 0.15) is 26.4 Å². The highest BCUT2D eigenvalue weighted by Crippen LogP contribution is 2.32. The van der Waals surface area contributed by atoms with Gasteiger partial charge in [0.2, 0.25) is 0 Å². The summed E-state index contributed by atoms with van der Waals surface area (Å²) in [5.41, 5.74) is 1.72. The van der Waals surface area contributed by atoms with Crippen LogP contribution in [0.25, 0.3) is 21.9 Å². The number of aromatic carboxylic acids is 1. The Kier molecular flexibility index (Phi) is 5.92. The molecule has 0 fully saturated rings. The summed E-state index contributed by atoms with van der Waals surface area (Å²) < 4.78 is 6.73. The lowest BCUT2D eigenvalue weighted by Crippen LogP contribution is -2.28. The molecule has 0 unspecified atom stereocenters. The predicted molar refractivity (Wildman–Crippen MR) is 125 cm³/mol. The number of hydrogen-bond acceptors (Lipinski definition) is 4. The molecule has 0 saturated carbocycles. The predicted octanol–water partition coefficient (Wildman–Crippen LogP) is 4.96. The molecule has 0 bridgehead atoms. The summed E-state index contributed by atoms with van der Waals surface area (Å²) >= 11 is 3.43. The van der Waals surface area contributed by atoms with Crippen LogP contribution in [-0.4, -0.2) is 28.7 Å². The van der Waals surface area contributed by atoms with Gasteiger partial charge in [-0.05, 0) is 46.8 Å². The van der Waals surface area contributed by atoms with E-state index in [2.05, 4.69) is 15.9 Å². The van der Waals surface area contributed by atoms with Gasteiger partial charge in [-0.2, -0.15) is 0 Å². The first-order valence-corrected chi connectivity index (χ1v) is 10.5. The molecule has 1 N–H and O–H groups in total. The van der Waals surface area contributed by atoms with Crippen LogP contribution in [0.3, 0.4) is 0 Å². The number of hydrogen-bond donors (Lipinski definition) is 1. The molecule has 0 saturated heterocycles. The van der Waals surface area contributed by atoms with Crippen molar-refractivity contribution in [2.45, 2.75) is 6.54 Å². The van der Waals surface area contributed by atoms with Crippen molar-refractivity contribution in [3.8, 4) is 11.1 Å². The molecule has 0 radical (unpaired) electrons. The van der Waals surface area contributed by atoms with Gasteiger partial charge in [0.15, 0.2) is 0 Å². The fraction of sp³-hybridized carbons (Fsp3) is 0.0800. The minimum atomic E-state index is -1.20. The quantitative estimate of drug-likeness (QED) is 0.398. The van der Waals surface area contributed by atoms with Gasteiger partial charge >= 0.3 is 11.9 Å². The first-order chi connectivity index (χ1) is 15.4. The van der Waals surface area contributed by atoms with Crippen molar-refractivity contribution in [3.05, 3.63) is 104 Å². The topological polar surface area (TPSA) is 85.6 Å². The number of benzene rings is 3. The van der Waals surface area contributed by atoms with Crippen LogP contribution in [0.2, 0.25) is 0 Å². The van der Waals surface area contributed by atoms with Gasteiger partial charge in [-0.3, -0.25) is 9.36 Å². The SMILES string of the molecule is COC(=O)c1ccc(Cn2c(C(=O)O)c(-c3ccccc3)c3cc(Br)ccc3c2=O)cc1. The summed E-state index contributed by atoms with van der Waals surface area (Å²) in [7, 11) is 1.30. The summed E-state index contributed by atoms with van der Waals surface area (Å²) in [5, 5.41) is 11.1. The summed E-state index contributed by atoms with van der Waals surface area (Å²) in [6.07, 6.45) is 0. The number of esters is 1. The summed E-state index contributed by atoms with van der Waals surface area (Å²) in [4.78, 5) is 37.5. The molecule has 0 aliphatic carbocycles. The molecular formula is C25H18BrNO5. The monoisotopic (exact) mass is 491 g/mol. The van der Waals surface area contributed by atoms with E-state index in [1.165, 1.54) is 11.7 Å². The standard InChI is InChI=1S/C25H18BrNO5/c1-32-25(31)17-9-7-15(8-10-17)14-27-22(24(29)30)21(16-5-3-2-4-6-16)20-13-18(26)11-12-19(20)23(27)28/h2-13H,14H2,1H3,(H,29,30). The van der Waals surface area contributed by atoms with Gasteiger partial charge in [-0.1, -0.05) is 58.4 Å². The lowest BCUT2D eigenvalue weighted by Gasteiger charge is -2.18. The van der Waals surface area contributed by atoms with E-state index in [1.807, 2.05) is 30.3 Å². The van der Waals surface area contributed by atoms with Crippen LogP contribution in [0.4, 0.5) is 0 Å². The molecule has 0 aliphatic heterocycles. The number of aromatic nitrogens is 1. The van der Waals surface area contributed by atoms with E-state index in [1.54, 1.807) is 42.5 Å². The van der Waals surface area contributed by atoms with Crippen molar-refractivity contribution in [2.75, 3.05) is 7.11 Å². The number of methoxy groups -OCH3 is 1. The van der Waals surface area contributed by atoms with Crippen LogP contribution in [-0.2, 0) is 11.3 Å². The third-order valence-electron chi connectivity index (χ3n) is 5.21. The normalized spacial score (nSPS) is 10.8. The van der Waals surface area contributed by atoms with Crippen LogP contribution in [0.15, 0.2) is 82.1 Å². The fourth-order valence-corrected chi connectivity index (χ4v) is 4.10. The zero-order valence-electron chi connectivity index (χ0n) is 17.0. The maximum absolute atomic E-state index is 13.4. The molecule has 4 rings (SSSR count). The van der Waals surface area contributed by atoms with Gasteiger partial charge in [-0.25, -0.2) is 9.59 Å². The van der Waals surface area contributed by atoms with Gasteiger partial charge in [0.05, 0.1) is 19.2 Å². The summed E-state index contributed by atoms with van der Waals surface area (Å²) in [5.74, 6) is -1.67. The number of carbonyl (C=O) groups excluding carboxylic acids is 1. The zero-order valence-corrected chi connectivity index (χ0v) is 18.6. The average Bonchev–Trinajstić information content (AvgIpc) is 2.80. The Hall–Kier alpha value is -3.71. The van der Waals surface area contributed by atoms with Crippen molar-refractivity contribution in [1.29, 1.82) is 0 Å². The van der Waals surface area contributed by atoms with E-state index >= 15 is 0 Å². The molecule has 0 spiro atoms. The summed E-state index contributed by atoms with van der Waals surface area (Å²) in [6.45, 7) is 0.0355. The van der Waals surface area contributed by atoms with Gasteiger partial charge in [0.25, 0.3) is 5.56 Å². The molecule has 0 aliphatic rings. The third-order valence-corrected chi connectivity index (χ3v) is 5.71. The van der Waals surface area contributed by atoms with Gasteiger partial charge in [0, 0.05) is 15.4 Å². The largest absolute Gasteiger partial charge is 0.477 e. The molecular weight excluding hydrogens is 474 g/mol. The Morgan fingerprint density at radius 2 is 1.66 bits per heavy atom. The number of ether oxygens (including phenoxy) is 1. The maximum Gasteiger partial charge on any atom is 0.353 e. The van der Waals surface area contributed by atoms with E-state index in [-0.39, 0.29) is 12.2 Å². The Labute approximate surface area is 191 Å². The molecule has 32 heavy (non-hydrogen) atoms. The van der Waals surface area contributed by atoms with Crippen LogP contribution in [0, 0.1) is 0 Å². The van der Waals surface area contributed by atoms with Crippen LogP contribution < -0.4 is 5.56 Å². The number of fused-ring (bicyclic) bond motifs is 1. The minimum absolute atomic E-state index is 0.0355. The Morgan fingerprint density at radius 1 is 0.969 bits per heavy atom. The second-order valence-electron chi connectivity index (χ2n) is 7.16. The van der Waals surface area contributed by atoms with E-state index in [4.69, 9.17) is 4.74 Å². The fourth-order valence-electron chi connectivity index (χ4n) is 3.74. The second kappa shape index (κ2) is 8.80. The molecule has 1 aromatic heterocycles. The zero-order chi connectivity index (χ0) is 22.8. The Bertz CT molecular complexity index is 1390. The molecule has 3 aromatic carbocycles. The van der Waals surface area contributed by atoms with E-state index in [9.17, 15) is 19.5 Å². The lowest BCUT2D eigenvalue weighted by atomic mass is 9.96. The van der Waals surface area contributed by atoms with Crippen molar-refractivity contribution in [2.24, 2.45) is 0 Å². The van der Waals surface area contributed by atoms with E-state index < -0.39 is 17.5 Å². The molecule has 0 atom stereocenters.